The van der Waals surface area contributed by atoms with E-state index in [0.717, 1.165) is 49.7 Å². The average molecular weight is 287 g/mol. The average Bonchev–Trinajstić information content (AvgIpc) is 2.71. The van der Waals surface area contributed by atoms with E-state index in [9.17, 15) is 10.2 Å². The predicted octanol–water partition coefficient (Wildman–Crippen LogP) is 3.65. The number of benzene rings is 1. The van der Waals surface area contributed by atoms with Crippen LogP contribution < -0.4 is 0 Å². The zero-order chi connectivity index (χ0) is 15.1. The Labute approximate surface area is 127 Å². The Morgan fingerprint density at radius 2 is 1.90 bits per heavy atom. The van der Waals surface area contributed by atoms with Crippen LogP contribution in [0.3, 0.4) is 0 Å². The van der Waals surface area contributed by atoms with Crippen LogP contribution in [0.5, 0.6) is 0 Å². The zero-order valence-corrected chi connectivity index (χ0v) is 12.6. The van der Waals surface area contributed by atoms with Gasteiger partial charge in [0.05, 0.1) is 24.2 Å². The van der Waals surface area contributed by atoms with Crippen LogP contribution in [0.25, 0.3) is 0 Å². The number of aliphatic hydroxyl groups is 2. The molecule has 1 aliphatic rings. The van der Waals surface area contributed by atoms with E-state index >= 15 is 0 Å². The summed E-state index contributed by atoms with van der Waals surface area (Å²) < 4.78 is 0. The Hall–Kier alpha value is -1.37. The van der Waals surface area contributed by atoms with Gasteiger partial charge in [-0.15, -0.1) is 0 Å². The van der Waals surface area contributed by atoms with Gasteiger partial charge in [-0.2, -0.15) is 5.26 Å². The zero-order valence-electron chi connectivity index (χ0n) is 12.6. The van der Waals surface area contributed by atoms with Crippen LogP contribution in [0.2, 0.25) is 0 Å². The van der Waals surface area contributed by atoms with Crippen molar-refractivity contribution in [1.82, 2.24) is 0 Å². The van der Waals surface area contributed by atoms with Gasteiger partial charge in [0.2, 0.25) is 0 Å². The van der Waals surface area contributed by atoms with Gasteiger partial charge in [-0.1, -0.05) is 49.9 Å². The topological polar surface area (TPSA) is 64.2 Å². The van der Waals surface area contributed by atoms with Gasteiger partial charge >= 0.3 is 0 Å². The summed E-state index contributed by atoms with van der Waals surface area (Å²) in [4.78, 5) is 0. The molecule has 114 valence electrons. The maximum absolute atomic E-state index is 10.7. The second-order valence-corrected chi connectivity index (χ2v) is 6.26. The number of hydrogen-bond acceptors (Lipinski definition) is 3. The Balaban J connectivity index is 1.96. The lowest BCUT2D eigenvalue weighted by atomic mass is 9.87. The molecule has 0 saturated heterocycles. The van der Waals surface area contributed by atoms with E-state index in [-0.39, 0.29) is 6.42 Å². The number of aryl methyl sites for hydroxylation is 1. The molecule has 0 heterocycles. The van der Waals surface area contributed by atoms with Gasteiger partial charge in [0.25, 0.3) is 0 Å². The second kappa shape index (κ2) is 7.59. The first-order chi connectivity index (χ1) is 10.1. The molecule has 0 radical (unpaired) electrons. The Bertz CT molecular complexity index is 484. The molecule has 1 fully saturated rings. The van der Waals surface area contributed by atoms with Crippen molar-refractivity contribution in [3.05, 3.63) is 35.4 Å². The van der Waals surface area contributed by atoms with Gasteiger partial charge in [-0.3, -0.25) is 0 Å². The monoisotopic (exact) mass is 287 g/mol. The lowest BCUT2D eigenvalue weighted by Gasteiger charge is -2.26. The molecular formula is C18H25NO2. The third kappa shape index (κ3) is 4.84. The summed E-state index contributed by atoms with van der Waals surface area (Å²) in [5.41, 5.74) is 1.40. The summed E-state index contributed by atoms with van der Waals surface area (Å²) in [5.74, 6) is 0. The van der Waals surface area contributed by atoms with E-state index < -0.39 is 11.7 Å². The van der Waals surface area contributed by atoms with Gasteiger partial charge in [-0.25, -0.2) is 0 Å². The van der Waals surface area contributed by atoms with E-state index in [4.69, 9.17) is 5.26 Å². The minimum Gasteiger partial charge on any atom is -0.390 e. The first kappa shape index (κ1) is 16.0. The molecule has 0 aliphatic heterocycles. The van der Waals surface area contributed by atoms with Crippen LogP contribution in [0.4, 0.5) is 0 Å². The van der Waals surface area contributed by atoms with E-state index in [1.54, 1.807) is 0 Å². The third-order valence-corrected chi connectivity index (χ3v) is 4.53. The molecule has 1 unspecified atom stereocenters. The van der Waals surface area contributed by atoms with Gasteiger partial charge in [0.15, 0.2) is 0 Å². The highest BCUT2D eigenvalue weighted by atomic mass is 16.3. The predicted molar refractivity (Wildman–Crippen MR) is 82.6 cm³/mol. The van der Waals surface area contributed by atoms with Crippen molar-refractivity contribution in [2.45, 2.75) is 69.5 Å². The number of hydrogen-bond donors (Lipinski definition) is 2. The van der Waals surface area contributed by atoms with Crippen LogP contribution in [-0.2, 0) is 6.42 Å². The molecule has 1 aliphatic carbocycles. The fourth-order valence-corrected chi connectivity index (χ4v) is 3.17. The number of rotatable bonds is 5. The number of nitriles is 1. The molecule has 2 N–H and O–H groups in total. The van der Waals surface area contributed by atoms with Crippen LogP contribution >= 0.6 is 0 Å². The molecule has 2 rings (SSSR count). The molecule has 3 heteroatoms. The van der Waals surface area contributed by atoms with Crippen LogP contribution in [-0.4, -0.2) is 15.8 Å². The van der Waals surface area contributed by atoms with Crippen LogP contribution in [0.15, 0.2) is 24.3 Å². The summed E-state index contributed by atoms with van der Waals surface area (Å²) >= 11 is 0. The Morgan fingerprint density at radius 1 is 1.19 bits per heavy atom. The number of nitrogens with zero attached hydrogens (tertiary/aromatic N) is 1. The molecule has 1 aromatic rings. The summed E-state index contributed by atoms with van der Waals surface area (Å²) in [5, 5.41) is 29.2. The maximum Gasteiger partial charge on any atom is 0.0920 e. The van der Waals surface area contributed by atoms with Gasteiger partial charge < -0.3 is 10.2 Å². The van der Waals surface area contributed by atoms with E-state index in [2.05, 4.69) is 0 Å². The first-order valence-corrected chi connectivity index (χ1v) is 7.99. The molecule has 0 amide bonds. The normalized spacial score (nSPS) is 19.5. The smallest absolute Gasteiger partial charge is 0.0920 e. The summed E-state index contributed by atoms with van der Waals surface area (Å²) in [6.07, 6.45) is 7.54. The molecule has 1 saturated carbocycles. The molecule has 1 atom stereocenters. The van der Waals surface area contributed by atoms with Crippen molar-refractivity contribution >= 4 is 0 Å². The van der Waals surface area contributed by atoms with Crippen molar-refractivity contribution in [3.63, 3.8) is 0 Å². The largest absolute Gasteiger partial charge is 0.390 e. The molecule has 0 bridgehead atoms. The highest BCUT2D eigenvalue weighted by Gasteiger charge is 2.27. The molecule has 1 aromatic carbocycles. The van der Waals surface area contributed by atoms with Crippen LogP contribution in [0.1, 0.15) is 68.6 Å². The molecular weight excluding hydrogens is 262 g/mol. The molecule has 21 heavy (non-hydrogen) atoms. The standard InChI is InChI=1S/C18H25NO2/c19-13-9-17(20)16-7-5-6-15(14-16)8-12-18(21)10-3-1-2-4-11-18/h5-7,14,17,20-21H,1-4,8-12H2. The van der Waals surface area contributed by atoms with Crippen LogP contribution in [0, 0.1) is 11.3 Å². The molecule has 0 aromatic heterocycles. The van der Waals surface area contributed by atoms with E-state index in [1.807, 2.05) is 30.3 Å². The van der Waals surface area contributed by atoms with E-state index in [0.29, 0.717) is 0 Å². The fourth-order valence-electron chi connectivity index (χ4n) is 3.17. The van der Waals surface area contributed by atoms with Gasteiger partial charge in [0.1, 0.15) is 0 Å². The minimum absolute atomic E-state index is 0.118. The van der Waals surface area contributed by atoms with Crippen molar-refractivity contribution in [3.8, 4) is 6.07 Å². The Kier molecular flexibility index (Phi) is 5.78. The summed E-state index contributed by atoms with van der Waals surface area (Å²) in [7, 11) is 0. The quantitative estimate of drug-likeness (QED) is 0.812. The second-order valence-electron chi connectivity index (χ2n) is 6.26. The molecule has 3 nitrogen and oxygen atoms in total. The maximum atomic E-state index is 10.7. The minimum atomic E-state index is -0.712. The fraction of sp³-hybridized carbons (Fsp3) is 0.611. The van der Waals surface area contributed by atoms with Gasteiger partial charge in [-0.05, 0) is 36.8 Å². The Morgan fingerprint density at radius 3 is 2.57 bits per heavy atom. The summed E-state index contributed by atoms with van der Waals surface area (Å²) in [6, 6.07) is 9.75. The SMILES string of the molecule is N#CCC(O)c1cccc(CCC2(O)CCCCCC2)c1. The molecule has 0 spiro atoms. The van der Waals surface area contributed by atoms with E-state index in [1.165, 1.54) is 12.8 Å². The third-order valence-electron chi connectivity index (χ3n) is 4.53. The van der Waals surface area contributed by atoms with Crippen molar-refractivity contribution < 1.29 is 10.2 Å². The number of aliphatic hydroxyl groups excluding tert-OH is 1. The lowest BCUT2D eigenvalue weighted by Crippen LogP contribution is -2.28. The summed E-state index contributed by atoms with van der Waals surface area (Å²) in [6.45, 7) is 0. The van der Waals surface area contributed by atoms with Crippen molar-refractivity contribution in [2.75, 3.05) is 0 Å². The first-order valence-electron chi connectivity index (χ1n) is 7.99. The van der Waals surface area contributed by atoms with Crippen molar-refractivity contribution in [2.24, 2.45) is 0 Å². The van der Waals surface area contributed by atoms with Gasteiger partial charge in [0, 0.05) is 0 Å². The highest BCUT2D eigenvalue weighted by molar-refractivity contribution is 5.26. The highest BCUT2D eigenvalue weighted by Crippen LogP contribution is 2.31. The lowest BCUT2D eigenvalue weighted by molar-refractivity contribution is 0.0167. The van der Waals surface area contributed by atoms with Crippen molar-refractivity contribution in [1.29, 1.82) is 5.26 Å².